The molecular weight excluding hydrogens is 688 g/mol. The maximum absolute atomic E-state index is 13.3. The molecule has 6 N–H and O–H groups in total. The molecule has 1 fully saturated rings. The van der Waals surface area contributed by atoms with Crippen molar-refractivity contribution in [3.8, 4) is 33.6 Å². The molecule has 0 bridgehead atoms. The van der Waals surface area contributed by atoms with Gasteiger partial charge in [0.05, 0.1) is 49.0 Å². The molecule has 2 aromatic carbocycles. The van der Waals surface area contributed by atoms with E-state index < -0.39 is 30.6 Å². The molecule has 4 aromatic rings. The number of H-pyrrole nitrogens is 2. The van der Waals surface area contributed by atoms with E-state index in [1.54, 1.807) is 12.4 Å². The van der Waals surface area contributed by atoms with E-state index in [0.29, 0.717) is 11.6 Å². The first-order valence-corrected chi connectivity index (χ1v) is 18.5. The second-order valence-corrected chi connectivity index (χ2v) is 15.0. The lowest BCUT2D eigenvalue weighted by Crippen LogP contribution is -2.56. The minimum atomic E-state index is -0.752. The number of benzene rings is 2. The number of carbonyl (C=O) groups excluding carboxylic acids is 3. The largest absolute Gasteiger partial charge is 0.453 e. The molecule has 14 heteroatoms. The van der Waals surface area contributed by atoms with Crippen molar-refractivity contribution in [2.45, 2.75) is 86.0 Å². The second-order valence-electron chi connectivity index (χ2n) is 15.0. The fraction of sp³-hybridized carbons (Fsp3) is 0.475. The number of amides is 3. The Balaban J connectivity index is 1.24. The van der Waals surface area contributed by atoms with E-state index in [1.807, 2.05) is 79.7 Å². The van der Waals surface area contributed by atoms with Crippen LogP contribution in [0.2, 0.25) is 0 Å². The summed E-state index contributed by atoms with van der Waals surface area (Å²) < 4.78 is 15.3. The fourth-order valence-electron chi connectivity index (χ4n) is 6.23. The van der Waals surface area contributed by atoms with Gasteiger partial charge in [-0.05, 0) is 45.9 Å². The molecule has 0 radical (unpaired) electrons. The maximum atomic E-state index is 13.3. The van der Waals surface area contributed by atoms with Crippen LogP contribution in [0.5, 0.6) is 0 Å². The summed E-state index contributed by atoms with van der Waals surface area (Å²) in [7, 11) is 1.27. The molecule has 1 saturated heterocycles. The van der Waals surface area contributed by atoms with Crippen molar-refractivity contribution in [3.05, 3.63) is 72.6 Å². The minimum absolute atomic E-state index is 0.0252. The molecule has 0 spiro atoms. The lowest BCUT2D eigenvalue weighted by Gasteiger charge is -2.33. The van der Waals surface area contributed by atoms with Gasteiger partial charge in [-0.2, -0.15) is 0 Å². The van der Waals surface area contributed by atoms with Crippen LogP contribution in [0.3, 0.4) is 0 Å². The molecule has 290 valence electrons. The van der Waals surface area contributed by atoms with Gasteiger partial charge in [-0.25, -0.2) is 14.8 Å². The third-order valence-corrected chi connectivity index (χ3v) is 9.55. The van der Waals surface area contributed by atoms with Crippen molar-refractivity contribution in [3.63, 3.8) is 0 Å². The van der Waals surface area contributed by atoms with Crippen molar-refractivity contribution in [2.75, 3.05) is 13.9 Å². The molecule has 3 amide bonds. The minimum Gasteiger partial charge on any atom is -0.453 e. The van der Waals surface area contributed by atoms with E-state index in [-0.39, 0.29) is 48.3 Å². The highest BCUT2D eigenvalue weighted by molar-refractivity contribution is 5.86. The van der Waals surface area contributed by atoms with E-state index in [1.165, 1.54) is 7.11 Å². The average Bonchev–Trinajstić information content (AvgIpc) is 3.82. The average molecular weight is 743 g/mol. The molecule has 0 unspecified atom stereocenters. The number of methoxy groups -OCH3 is 1. The highest BCUT2D eigenvalue weighted by atomic mass is 16.9. The van der Waals surface area contributed by atoms with Gasteiger partial charge in [-0.1, -0.05) is 104 Å². The smallest absolute Gasteiger partial charge is 0.407 e. The molecule has 2 aromatic heterocycles. The zero-order valence-electron chi connectivity index (χ0n) is 32.5. The molecule has 54 heavy (non-hydrogen) atoms. The number of aromatic nitrogens is 4. The van der Waals surface area contributed by atoms with Gasteiger partial charge in [0.25, 0.3) is 0 Å². The SMILES string of the molecule is COC(=O)N[C@@H](C(=O)N[C@H](c1ncc(-c2ccc(-c3ccc(-c4cnc([C@@H](NC(=O)[C@H](NC5OCO5)C(C)C)C(C)C)[nH]4)cc3)cc2)[nH]1)C(C)C)C(C)C. The predicted octanol–water partition coefficient (Wildman–Crippen LogP) is 6.04. The van der Waals surface area contributed by atoms with Gasteiger partial charge in [0.2, 0.25) is 18.2 Å². The number of ether oxygens (including phenoxy) is 3. The quantitative estimate of drug-likeness (QED) is 0.0797. The Labute approximate surface area is 317 Å². The van der Waals surface area contributed by atoms with Crippen molar-refractivity contribution in [1.29, 1.82) is 0 Å². The van der Waals surface area contributed by atoms with Gasteiger partial charge in [0.15, 0.2) is 6.79 Å². The highest BCUT2D eigenvalue weighted by Gasteiger charge is 2.32. The fourth-order valence-corrected chi connectivity index (χ4v) is 6.23. The van der Waals surface area contributed by atoms with E-state index in [0.717, 1.165) is 33.6 Å². The third kappa shape index (κ3) is 9.73. The summed E-state index contributed by atoms with van der Waals surface area (Å²) in [5, 5.41) is 12.0. The van der Waals surface area contributed by atoms with Crippen LogP contribution in [0, 0.1) is 23.7 Å². The summed E-state index contributed by atoms with van der Waals surface area (Å²) >= 11 is 0. The van der Waals surface area contributed by atoms with Crippen LogP contribution in [-0.4, -0.2) is 70.2 Å². The summed E-state index contributed by atoms with van der Waals surface area (Å²) in [6.07, 6.45) is 2.33. The monoisotopic (exact) mass is 742 g/mol. The van der Waals surface area contributed by atoms with E-state index in [4.69, 9.17) is 14.2 Å². The zero-order valence-corrected chi connectivity index (χ0v) is 32.5. The lowest BCUT2D eigenvalue weighted by atomic mass is 10.00. The molecule has 0 saturated carbocycles. The zero-order chi connectivity index (χ0) is 39.1. The molecule has 1 aliphatic rings. The van der Waals surface area contributed by atoms with Crippen LogP contribution < -0.4 is 21.3 Å². The van der Waals surface area contributed by atoms with Gasteiger partial charge >= 0.3 is 6.09 Å². The first-order chi connectivity index (χ1) is 25.7. The lowest BCUT2D eigenvalue weighted by molar-refractivity contribution is -0.335. The van der Waals surface area contributed by atoms with Crippen LogP contribution >= 0.6 is 0 Å². The number of aromatic amines is 2. The standard InChI is InChI=1S/C40H54N8O6/c1-21(2)31(45-37(49)33(23(5)6)47-39(51)52-9)35-41-18-29(43-35)27-14-10-25(11-15-27)26-12-16-28(17-13-26)30-19-42-36(44-30)32(22(3)4)46-38(50)34(24(7)8)48-40-53-20-54-40/h10-19,21-24,31-34,40,48H,20H2,1-9H3,(H,41,43)(H,42,44)(H,45,49)(H,46,50)(H,47,51)/t31-,32-,33+,34+/m0/s1. The van der Waals surface area contributed by atoms with Gasteiger partial charge in [0.1, 0.15) is 17.7 Å². The van der Waals surface area contributed by atoms with Crippen LogP contribution in [0.25, 0.3) is 33.6 Å². The number of carbonyl (C=O) groups is 3. The Kier molecular flexibility index (Phi) is 13.3. The van der Waals surface area contributed by atoms with Crippen molar-refractivity contribution >= 4 is 17.9 Å². The third-order valence-electron chi connectivity index (χ3n) is 9.55. The number of imidazole rings is 2. The number of hydrogen-bond donors (Lipinski definition) is 6. The summed E-state index contributed by atoms with van der Waals surface area (Å²) in [5.41, 5.74) is 5.70. The molecule has 5 rings (SSSR count). The Bertz CT molecular complexity index is 1850. The highest BCUT2D eigenvalue weighted by Crippen LogP contribution is 2.29. The Morgan fingerprint density at radius 3 is 1.39 bits per heavy atom. The number of hydrogen-bond acceptors (Lipinski definition) is 9. The van der Waals surface area contributed by atoms with Crippen molar-refractivity contribution in [2.24, 2.45) is 23.7 Å². The first kappa shape index (κ1) is 40.1. The number of alkyl carbamates (subject to hydrolysis) is 1. The molecular formula is C40H54N8O6. The summed E-state index contributed by atoms with van der Waals surface area (Å²) in [6, 6.07) is 14.5. The van der Waals surface area contributed by atoms with Crippen LogP contribution in [0.15, 0.2) is 60.9 Å². The van der Waals surface area contributed by atoms with E-state index >= 15 is 0 Å². The Hall–Kier alpha value is -5.05. The van der Waals surface area contributed by atoms with Gasteiger partial charge in [-0.15, -0.1) is 0 Å². The Morgan fingerprint density at radius 1 is 0.630 bits per heavy atom. The summed E-state index contributed by atoms with van der Waals surface area (Å²) in [6.45, 7) is 16.0. The van der Waals surface area contributed by atoms with Crippen molar-refractivity contribution < 1.29 is 28.6 Å². The van der Waals surface area contributed by atoms with Crippen LogP contribution in [-0.2, 0) is 23.8 Å². The normalized spacial score (nSPS) is 15.5. The molecule has 1 aliphatic heterocycles. The number of nitrogens with zero attached hydrogens (tertiary/aromatic N) is 2. The molecule has 14 nitrogen and oxygen atoms in total. The molecule has 4 atom stereocenters. The summed E-state index contributed by atoms with van der Waals surface area (Å²) in [4.78, 5) is 54.4. The first-order valence-electron chi connectivity index (χ1n) is 18.5. The van der Waals surface area contributed by atoms with E-state index in [9.17, 15) is 14.4 Å². The Morgan fingerprint density at radius 2 is 1.04 bits per heavy atom. The van der Waals surface area contributed by atoms with Gasteiger partial charge in [0, 0.05) is 0 Å². The van der Waals surface area contributed by atoms with E-state index in [2.05, 4.69) is 65.5 Å². The van der Waals surface area contributed by atoms with Gasteiger partial charge < -0.3 is 40.1 Å². The predicted molar refractivity (Wildman–Crippen MR) is 205 cm³/mol. The molecule has 0 aliphatic carbocycles. The topological polar surface area (TPSA) is 184 Å². The second kappa shape index (κ2) is 17.9. The van der Waals surface area contributed by atoms with Crippen LogP contribution in [0.4, 0.5) is 4.79 Å². The van der Waals surface area contributed by atoms with Crippen LogP contribution in [0.1, 0.15) is 79.1 Å². The van der Waals surface area contributed by atoms with Crippen molar-refractivity contribution in [1.82, 2.24) is 41.2 Å². The van der Waals surface area contributed by atoms with Gasteiger partial charge in [-0.3, -0.25) is 14.9 Å². The summed E-state index contributed by atoms with van der Waals surface area (Å²) in [5.74, 6) is 0.871. The maximum Gasteiger partial charge on any atom is 0.407 e. The molecule has 3 heterocycles. The number of rotatable bonds is 16. The number of nitrogens with one attached hydrogen (secondary N) is 6.